The predicted molar refractivity (Wildman–Crippen MR) is 74.2 cm³/mol. The molecular weight excluding hydrogens is 244 g/mol. The molecule has 0 aliphatic rings. The van der Waals surface area contributed by atoms with E-state index in [0.29, 0.717) is 6.42 Å². The Morgan fingerprint density at radius 1 is 1.26 bits per heavy atom. The molecule has 104 valence electrons. The van der Waals surface area contributed by atoms with Gasteiger partial charge in [-0.25, -0.2) is 0 Å². The summed E-state index contributed by atoms with van der Waals surface area (Å²) < 4.78 is 0. The van der Waals surface area contributed by atoms with E-state index in [2.05, 4.69) is 5.32 Å². The molecule has 2 N–H and O–H groups in total. The molecule has 1 rings (SSSR count). The van der Waals surface area contributed by atoms with Crippen LogP contribution in [0.1, 0.15) is 18.9 Å². The van der Waals surface area contributed by atoms with E-state index in [0.717, 1.165) is 11.3 Å². The number of carbonyl (C=O) groups is 2. The van der Waals surface area contributed by atoms with Gasteiger partial charge in [0.25, 0.3) is 0 Å². The van der Waals surface area contributed by atoms with Gasteiger partial charge in [0.1, 0.15) is 0 Å². The van der Waals surface area contributed by atoms with Gasteiger partial charge in [0.2, 0.25) is 5.91 Å². The van der Waals surface area contributed by atoms with Crippen molar-refractivity contribution in [1.82, 2.24) is 4.90 Å². The molecule has 1 aromatic carbocycles. The quantitative estimate of drug-likeness (QED) is 0.818. The maximum atomic E-state index is 10.9. The molecule has 0 bridgehead atoms. The third-order valence-corrected chi connectivity index (χ3v) is 2.89. The Labute approximate surface area is 113 Å². The smallest absolute Gasteiger partial charge is 0.304 e. The van der Waals surface area contributed by atoms with Gasteiger partial charge in [-0.1, -0.05) is 12.1 Å². The van der Waals surface area contributed by atoms with Gasteiger partial charge in [-0.3, -0.25) is 9.59 Å². The normalized spacial score (nSPS) is 12.2. The molecule has 0 fully saturated rings. The van der Waals surface area contributed by atoms with Crippen LogP contribution in [0.5, 0.6) is 0 Å². The van der Waals surface area contributed by atoms with Gasteiger partial charge in [0.05, 0.1) is 6.42 Å². The molecule has 1 aromatic rings. The largest absolute Gasteiger partial charge is 0.481 e. The molecule has 0 heterocycles. The van der Waals surface area contributed by atoms with Crippen molar-refractivity contribution in [1.29, 1.82) is 0 Å². The summed E-state index contributed by atoms with van der Waals surface area (Å²) in [6, 6.07) is 7.42. The first-order valence-electron chi connectivity index (χ1n) is 6.13. The summed E-state index contributed by atoms with van der Waals surface area (Å²) in [6.45, 7) is 1.46. The Hall–Kier alpha value is -1.88. The van der Waals surface area contributed by atoms with Crippen molar-refractivity contribution >= 4 is 17.6 Å². The molecule has 0 saturated heterocycles. The van der Waals surface area contributed by atoms with Gasteiger partial charge in [-0.15, -0.1) is 0 Å². The minimum absolute atomic E-state index is 0.0379. The van der Waals surface area contributed by atoms with E-state index in [-0.39, 0.29) is 18.4 Å². The topological polar surface area (TPSA) is 69.6 Å². The van der Waals surface area contributed by atoms with Gasteiger partial charge in [-0.2, -0.15) is 0 Å². The van der Waals surface area contributed by atoms with Crippen LogP contribution in [-0.2, 0) is 16.0 Å². The zero-order valence-electron chi connectivity index (χ0n) is 11.5. The van der Waals surface area contributed by atoms with Crippen molar-refractivity contribution < 1.29 is 14.7 Å². The number of nitrogens with zero attached hydrogens (tertiary/aromatic N) is 1. The van der Waals surface area contributed by atoms with Crippen LogP contribution in [0.3, 0.4) is 0 Å². The third kappa shape index (κ3) is 5.52. The number of carboxylic acids is 1. The molecule has 1 atom stereocenters. The number of likely N-dealkylation sites (N-methyl/N-ethyl adjacent to an activating group) is 1. The van der Waals surface area contributed by atoms with Crippen LogP contribution in [0.4, 0.5) is 5.69 Å². The lowest BCUT2D eigenvalue weighted by molar-refractivity contribution is -0.138. The van der Waals surface area contributed by atoms with Crippen LogP contribution in [0.15, 0.2) is 24.3 Å². The molecule has 0 saturated carbocycles. The number of anilines is 1. The van der Waals surface area contributed by atoms with Crippen molar-refractivity contribution in [3.05, 3.63) is 29.8 Å². The average molecular weight is 264 g/mol. The summed E-state index contributed by atoms with van der Waals surface area (Å²) in [4.78, 5) is 23.6. The predicted octanol–water partition coefficient (Wildman–Crippen LogP) is 1.59. The minimum atomic E-state index is -0.798. The van der Waals surface area contributed by atoms with Crippen LogP contribution in [0, 0.1) is 0 Å². The molecule has 19 heavy (non-hydrogen) atoms. The molecule has 1 amide bonds. The number of aliphatic carboxylic acids is 1. The fourth-order valence-electron chi connectivity index (χ4n) is 1.84. The Balaban J connectivity index is 2.69. The Morgan fingerprint density at radius 3 is 2.26 bits per heavy atom. The van der Waals surface area contributed by atoms with Gasteiger partial charge in [0.15, 0.2) is 0 Å². The number of hydrogen-bond donors (Lipinski definition) is 2. The molecule has 0 spiro atoms. The first kappa shape index (κ1) is 15.2. The highest BCUT2D eigenvalue weighted by Gasteiger charge is 2.16. The highest BCUT2D eigenvalue weighted by atomic mass is 16.4. The summed E-state index contributed by atoms with van der Waals surface area (Å²) in [5, 5.41) is 11.6. The van der Waals surface area contributed by atoms with Gasteiger partial charge in [-0.05, 0) is 38.2 Å². The fraction of sp³-hybridized carbons (Fsp3) is 0.429. The van der Waals surface area contributed by atoms with E-state index in [9.17, 15) is 9.59 Å². The maximum Gasteiger partial charge on any atom is 0.304 e. The maximum absolute atomic E-state index is 10.9. The third-order valence-electron chi connectivity index (χ3n) is 2.89. The van der Waals surface area contributed by atoms with Crippen LogP contribution in [0.2, 0.25) is 0 Å². The fourth-order valence-corrected chi connectivity index (χ4v) is 1.84. The summed E-state index contributed by atoms with van der Waals surface area (Å²) in [5.41, 5.74) is 1.80. The standard InChI is InChI=1S/C14H20N2O3/c1-10(17)15-12-6-4-11(5-7-12)8-13(16(2)3)9-14(18)19/h4-7,13H,8-9H2,1-3H3,(H,15,17)(H,18,19). The lowest BCUT2D eigenvalue weighted by Gasteiger charge is -2.22. The number of carbonyl (C=O) groups excluding carboxylic acids is 1. The van der Waals surface area contributed by atoms with Crippen LogP contribution in [0.25, 0.3) is 0 Å². The zero-order valence-corrected chi connectivity index (χ0v) is 11.5. The van der Waals surface area contributed by atoms with Gasteiger partial charge >= 0.3 is 5.97 Å². The Kier molecular flexibility index (Phi) is 5.51. The number of rotatable bonds is 6. The monoisotopic (exact) mass is 264 g/mol. The summed E-state index contributed by atoms with van der Waals surface area (Å²) in [6.07, 6.45) is 0.778. The second-order valence-electron chi connectivity index (χ2n) is 4.80. The molecule has 5 nitrogen and oxygen atoms in total. The van der Waals surface area contributed by atoms with Crippen LogP contribution >= 0.6 is 0 Å². The molecule has 1 unspecified atom stereocenters. The lowest BCUT2D eigenvalue weighted by Crippen LogP contribution is -2.32. The van der Waals surface area contributed by atoms with E-state index in [1.807, 2.05) is 43.3 Å². The van der Waals surface area contributed by atoms with Crippen LogP contribution in [-0.4, -0.2) is 42.0 Å². The van der Waals surface area contributed by atoms with Crippen molar-refractivity contribution in [2.75, 3.05) is 19.4 Å². The number of hydrogen-bond acceptors (Lipinski definition) is 3. The summed E-state index contributed by atoms with van der Waals surface area (Å²) in [7, 11) is 3.75. The summed E-state index contributed by atoms with van der Waals surface area (Å²) >= 11 is 0. The van der Waals surface area contributed by atoms with E-state index in [1.165, 1.54) is 6.92 Å². The molecule has 0 aliphatic heterocycles. The molecule has 5 heteroatoms. The van der Waals surface area contributed by atoms with Crippen molar-refractivity contribution in [2.45, 2.75) is 25.8 Å². The van der Waals surface area contributed by atoms with E-state index < -0.39 is 5.97 Å². The molecule has 0 aliphatic carbocycles. The van der Waals surface area contributed by atoms with E-state index in [4.69, 9.17) is 5.11 Å². The number of benzene rings is 1. The number of carboxylic acid groups (broad SMARTS) is 1. The SMILES string of the molecule is CC(=O)Nc1ccc(CC(CC(=O)O)N(C)C)cc1. The van der Waals surface area contributed by atoms with Gasteiger partial charge in [0, 0.05) is 18.7 Å². The molecular formula is C14H20N2O3. The van der Waals surface area contributed by atoms with Gasteiger partial charge < -0.3 is 15.3 Å². The molecule has 0 radical (unpaired) electrons. The van der Waals surface area contributed by atoms with E-state index >= 15 is 0 Å². The highest BCUT2D eigenvalue weighted by molar-refractivity contribution is 5.88. The number of amides is 1. The highest BCUT2D eigenvalue weighted by Crippen LogP contribution is 2.14. The Bertz CT molecular complexity index is 441. The van der Waals surface area contributed by atoms with E-state index in [1.54, 1.807) is 0 Å². The Morgan fingerprint density at radius 2 is 1.84 bits per heavy atom. The first-order chi connectivity index (χ1) is 8.88. The van der Waals surface area contributed by atoms with Crippen molar-refractivity contribution in [2.24, 2.45) is 0 Å². The number of nitrogens with one attached hydrogen (secondary N) is 1. The second-order valence-corrected chi connectivity index (χ2v) is 4.80. The molecule has 0 aromatic heterocycles. The van der Waals surface area contributed by atoms with Crippen LogP contribution < -0.4 is 5.32 Å². The summed E-state index contributed by atoms with van der Waals surface area (Å²) in [5.74, 6) is -0.904. The minimum Gasteiger partial charge on any atom is -0.481 e. The van der Waals surface area contributed by atoms with Crippen molar-refractivity contribution in [3.8, 4) is 0 Å². The zero-order chi connectivity index (χ0) is 14.4. The lowest BCUT2D eigenvalue weighted by atomic mass is 10.0. The average Bonchev–Trinajstić information content (AvgIpc) is 2.29. The second kappa shape index (κ2) is 6.89. The first-order valence-corrected chi connectivity index (χ1v) is 6.13. The van der Waals surface area contributed by atoms with Crippen molar-refractivity contribution in [3.63, 3.8) is 0 Å².